The lowest BCUT2D eigenvalue weighted by atomic mass is 10.2. The number of carbonyl (C=O) groups is 3. The lowest BCUT2D eigenvalue weighted by Gasteiger charge is -2.12. The summed E-state index contributed by atoms with van der Waals surface area (Å²) in [7, 11) is 0. The van der Waals surface area contributed by atoms with E-state index < -0.39 is 12.1 Å². The Balaban J connectivity index is 1.65. The number of amides is 2. The first-order chi connectivity index (χ1) is 16.0. The molecule has 0 saturated carbocycles. The van der Waals surface area contributed by atoms with Crippen molar-refractivity contribution in [2.24, 2.45) is 0 Å². The molecule has 8 heteroatoms. The van der Waals surface area contributed by atoms with Crippen LogP contribution in [-0.2, 0) is 9.53 Å². The van der Waals surface area contributed by atoms with Crippen LogP contribution in [0.2, 0.25) is 5.02 Å². The molecule has 3 aromatic rings. The number of halogens is 1. The van der Waals surface area contributed by atoms with Crippen molar-refractivity contribution < 1.29 is 23.9 Å². The molecule has 168 valence electrons. The van der Waals surface area contributed by atoms with Gasteiger partial charge in [-0.15, -0.1) is 0 Å². The van der Waals surface area contributed by atoms with E-state index in [1.165, 1.54) is 30.3 Å². The fraction of sp³-hybridized carbons (Fsp3) is 0.0800. The summed E-state index contributed by atoms with van der Waals surface area (Å²) in [5, 5.41) is 6.04. The minimum atomic E-state index is -0.817. The number of anilines is 2. The highest BCUT2D eigenvalue weighted by Crippen LogP contribution is 2.23. The van der Waals surface area contributed by atoms with Crippen LogP contribution in [0.5, 0.6) is 5.75 Å². The van der Waals surface area contributed by atoms with Crippen molar-refractivity contribution in [3.05, 3.63) is 95.0 Å². The lowest BCUT2D eigenvalue weighted by molar-refractivity contribution is -0.111. The average molecular weight is 465 g/mol. The minimum absolute atomic E-state index is 0.199. The summed E-state index contributed by atoms with van der Waals surface area (Å²) in [4.78, 5) is 36.4. The predicted octanol–water partition coefficient (Wildman–Crippen LogP) is 5.78. The molecule has 0 aromatic heterocycles. The van der Waals surface area contributed by atoms with Gasteiger partial charge in [-0.3, -0.25) is 9.59 Å². The van der Waals surface area contributed by atoms with E-state index in [1.807, 2.05) is 6.07 Å². The van der Waals surface area contributed by atoms with Gasteiger partial charge in [0.05, 0.1) is 18.0 Å². The Bertz CT molecular complexity index is 1180. The number of carbonyl (C=O) groups excluding carboxylic acids is 3. The maximum Gasteiger partial charge on any atom is 0.513 e. The Morgan fingerprint density at radius 3 is 2.18 bits per heavy atom. The van der Waals surface area contributed by atoms with E-state index in [0.717, 1.165) is 0 Å². The SMILES string of the molecule is CCOC(=O)Oc1ccc(C(=O)Nc2ccccc2NC(=O)/C=C/c2ccccc2Cl)cc1. The number of nitrogens with one attached hydrogen (secondary N) is 2. The molecule has 0 heterocycles. The van der Waals surface area contributed by atoms with Gasteiger partial charge in [0.15, 0.2) is 0 Å². The fourth-order valence-corrected chi connectivity index (χ4v) is 2.96. The first kappa shape index (κ1) is 23.6. The Kier molecular flexibility index (Phi) is 8.21. The first-order valence-corrected chi connectivity index (χ1v) is 10.4. The summed E-state index contributed by atoms with van der Waals surface area (Å²) in [6.45, 7) is 1.87. The predicted molar refractivity (Wildman–Crippen MR) is 128 cm³/mol. The molecule has 0 aliphatic rings. The zero-order valence-corrected chi connectivity index (χ0v) is 18.5. The highest BCUT2D eigenvalue weighted by molar-refractivity contribution is 6.32. The smallest absolute Gasteiger partial charge is 0.434 e. The monoisotopic (exact) mass is 464 g/mol. The van der Waals surface area contributed by atoms with Crippen molar-refractivity contribution in [2.45, 2.75) is 6.92 Å². The van der Waals surface area contributed by atoms with Gasteiger partial charge in [0.1, 0.15) is 5.75 Å². The van der Waals surface area contributed by atoms with E-state index in [9.17, 15) is 14.4 Å². The van der Waals surface area contributed by atoms with E-state index in [2.05, 4.69) is 10.6 Å². The maximum absolute atomic E-state index is 12.7. The molecule has 0 radical (unpaired) electrons. The lowest BCUT2D eigenvalue weighted by Crippen LogP contribution is -2.15. The number of benzene rings is 3. The number of hydrogen-bond donors (Lipinski definition) is 2. The molecule has 7 nitrogen and oxygen atoms in total. The molecule has 2 amide bonds. The topological polar surface area (TPSA) is 93.7 Å². The molecule has 2 N–H and O–H groups in total. The van der Waals surface area contributed by atoms with Gasteiger partial charge >= 0.3 is 6.16 Å². The Morgan fingerprint density at radius 2 is 1.52 bits per heavy atom. The van der Waals surface area contributed by atoms with E-state index in [4.69, 9.17) is 21.1 Å². The molecule has 33 heavy (non-hydrogen) atoms. The second kappa shape index (κ2) is 11.5. The van der Waals surface area contributed by atoms with Crippen molar-refractivity contribution in [3.63, 3.8) is 0 Å². The number of ether oxygens (including phenoxy) is 2. The standard InChI is InChI=1S/C25H21ClN2O5/c1-2-32-25(31)33-19-14-11-18(12-15-19)24(30)28-22-10-6-5-9-21(22)27-23(29)16-13-17-7-3-4-8-20(17)26/h3-16H,2H2,1H3,(H,27,29)(H,28,30)/b16-13+. The van der Waals surface area contributed by atoms with Gasteiger partial charge in [-0.1, -0.05) is 41.9 Å². The molecule has 0 aliphatic carbocycles. The highest BCUT2D eigenvalue weighted by Gasteiger charge is 2.11. The molecule has 0 saturated heterocycles. The van der Waals surface area contributed by atoms with Crippen LogP contribution in [0.3, 0.4) is 0 Å². The van der Waals surface area contributed by atoms with Crippen LogP contribution in [0.1, 0.15) is 22.8 Å². The molecular weight excluding hydrogens is 444 g/mol. The molecule has 3 aromatic carbocycles. The summed E-state index contributed by atoms with van der Waals surface area (Å²) in [5.41, 5.74) is 1.91. The van der Waals surface area contributed by atoms with Crippen LogP contribution < -0.4 is 15.4 Å². The highest BCUT2D eigenvalue weighted by atomic mass is 35.5. The van der Waals surface area contributed by atoms with Crippen LogP contribution in [0, 0.1) is 0 Å². The van der Waals surface area contributed by atoms with Crippen molar-refractivity contribution in [1.29, 1.82) is 0 Å². The summed E-state index contributed by atoms with van der Waals surface area (Å²) in [5.74, 6) is -0.522. The van der Waals surface area contributed by atoms with E-state index >= 15 is 0 Å². The van der Waals surface area contributed by atoms with Crippen LogP contribution in [-0.4, -0.2) is 24.6 Å². The van der Waals surface area contributed by atoms with E-state index in [-0.39, 0.29) is 18.3 Å². The fourth-order valence-electron chi connectivity index (χ4n) is 2.76. The Hall–Kier alpha value is -4.10. The van der Waals surface area contributed by atoms with Crippen molar-refractivity contribution in [2.75, 3.05) is 17.2 Å². The molecule has 0 atom stereocenters. The Labute approximate surface area is 196 Å². The van der Waals surface area contributed by atoms with Gasteiger partial charge in [-0.2, -0.15) is 0 Å². The van der Waals surface area contributed by atoms with Crippen LogP contribution in [0.25, 0.3) is 6.08 Å². The maximum atomic E-state index is 12.7. The van der Waals surface area contributed by atoms with Crippen LogP contribution in [0.4, 0.5) is 16.2 Å². The summed E-state index contributed by atoms with van der Waals surface area (Å²) in [6.07, 6.45) is 2.16. The van der Waals surface area contributed by atoms with Crippen molar-refractivity contribution in [1.82, 2.24) is 0 Å². The van der Waals surface area contributed by atoms with Crippen LogP contribution in [0.15, 0.2) is 78.9 Å². The van der Waals surface area contributed by atoms with Gasteiger partial charge < -0.3 is 20.1 Å². The Morgan fingerprint density at radius 1 is 0.879 bits per heavy atom. The number of hydrogen-bond acceptors (Lipinski definition) is 5. The molecular formula is C25H21ClN2O5. The molecule has 3 rings (SSSR count). The zero-order valence-electron chi connectivity index (χ0n) is 17.7. The van der Waals surface area contributed by atoms with Gasteiger partial charge in [0, 0.05) is 16.7 Å². The third-order valence-corrected chi connectivity index (χ3v) is 4.68. The van der Waals surface area contributed by atoms with Gasteiger partial charge in [-0.05, 0) is 61.0 Å². The molecule has 0 fully saturated rings. The van der Waals surface area contributed by atoms with Crippen molar-refractivity contribution >= 4 is 47.0 Å². The second-order valence-electron chi connectivity index (χ2n) is 6.65. The first-order valence-electron chi connectivity index (χ1n) is 10.0. The molecule has 0 unspecified atom stereocenters. The number of para-hydroxylation sites is 2. The third-order valence-electron chi connectivity index (χ3n) is 4.33. The largest absolute Gasteiger partial charge is 0.513 e. The third kappa shape index (κ3) is 6.95. The minimum Gasteiger partial charge on any atom is -0.434 e. The van der Waals surface area contributed by atoms with Gasteiger partial charge in [-0.25, -0.2) is 4.79 Å². The average Bonchev–Trinajstić information content (AvgIpc) is 2.80. The van der Waals surface area contributed by atoms with Crippen LogP contribution >= 0.6 is 11.6 Å². The zero-order chi connectivity index (χ0) is 23.6. The quantitative estimate of drug-likeness (QED) is 0.262. The normalized spacial score (nSPS) is 10.5. The second-order valence-corrected chi connectivity index (χ2v) is 7.06. The molecule has 0 bridgehead atoms. The molecule has 0 spiro atoms. The van der Waals surface area contributed by atoms with Gasteiger partial charge in [0.25, 0.3) is 5.91 Å². The molecule has 0 aliphatic heterocycles. The van der Waals surface area contributed by atoms with E-state index in [1.54, 1.807) is 55.5 Å². The summed E-state index contributed by atoms with van der Waals surface area (Å²) in [6, 6.07) is 20.0. The summed E-state index contributed by atoms with van der Waals surface area (Å²) >= 11 is 6.10. The van der Waals surface area contributed by atoms with Gasteiger partial charge in [0.2, 0.25) is 5.91 Å². The van der Waals surface area contributed by atoms with E-state index in [0.29, 0.717) is 27.5 Å². The van der Waals surface area contributed by atoms with Crippen molar-refractivity contribution in [3.8, 4) is 5.75 Å². The summed E-state index contributed by atoms with van der Waals surface area (Å²) < 4.78 is 9.69. The number of rotatable bonds is 7.